The van der Waals surface area contributed by atoms with Crippen molar-refractivity contribution in [3.63, 3.8) is 0 Å². The molecule has 0 bridgehead atoms. The average Bonchev–Trinajstić information content (AvgIpc) is 3.46. The normalized spacial score (nSPS) is 17.4. The van der Waals surface area contributed by atoms with Crippen LogP contribution < -0.4 is 5.32 Å². The lowest BCUT2D eigenvalue weighted by atomic mass is 9.96. The lowest BCUT2D eigenvalue weighted by molar-refractivity contribution is 0.0739. The highest BCUT2D eigenvalue weighted by Crippen LogP contribution is 2.38. The van der Waals surface area contributed by atoms with Crippen molar-refractivity contribution in [3.05, 3.63) is 60.4 Å². The standard InChI is InChI=1S/C26H30N6O2/c1-26(2,33)23-13-19(5-9-27-23)29-24-14-21-18(15-28-24)6-10-31(21)22-16-32(20-3-4-20)30-25(22)17-7-11-34-12-8-17/h5-6,9-10,13-17,20,33H,3-4,7-8,11-12H2,1-2H3,(H,27,28,29). The van der Waals surface area contributed by atoms with Crippen molar-refractivity contribution in [2.45, 2.75) is 57.1 Å². The second kappa shape index (κ2) is 8.21. The molecule has 1 aliphatic carbocycles. The molecule has 2 N–H and O–H groups in total. The molecule has 1 saturated heterocycles. The third kappa shape index (κ3) is 4.08. The first-order chi connectivity index (χ1) is 16.5. The van der Waals surface area contributed by atoms with Crippen molar-refractivity contribution >= 4 is 22.4 Å². The molecular weight excluding hydrogens is 428 g/mol. The van der Waals surface area contributed by atoms with Crippen molar-refractivity contribution in [1.29, 1.82) is 0 Å². The summed E-state index contributed by atoms with van der Waals surface area (Å²) in [5.41, 5.74) is 3.84. The van der Waals surface area contributed by atoms with Gasteiger partial charge in [0.15, 0.2) is 0 Å². The van der Waals surface area contributed by atoms with Crippen molar-refractivity contribution in [1.82, 2.24) is 24.3 Å². The van der Waals surface area contributed by atoms with Crippen LogP contribution in [0.2, 0.25) is 0 Å². The Labute approximate surface area is 198 Å². The number of rotatable bonds is 6. The van der Waals surface area contributed by atoms with Gasteiger partial charge in [0.1, 0.15) is 11.4 Å². The molecule has 0 aromatic carbocycles. The SMILES string of the molecule is CC(C)(O)c1cc(Nc2cc3c(ccn3-c3cn(C4CC4)nc3C3CCOCC3)cn2)ccn1. The van der Waals surface area contributed by atoms with E-state index in [0.717, 1.165) is 54.2 Å². The van der Waals surface area contributed by atoms with E-state index in [1.54, 1.807) is 20.0 Å². The molecule has 2 fully saturated rings. The predicted molar refractivity (Wildman–Crippen MR) is 131 cm³/mol. The summed E-state index contributed by atoms with van der Waals surface area (Å²) in [4.78, 5) is 8.90. The number of aliphatic hydroxyl groups is 1. The molecule has 176 valence electrons. The minimum absolute atomic E-state index is 0.415. The molecule has 34 heavy (non-hydrogen) atoms. The van der Waals surface area contributed by atoms with E-state index in [1.807, 2.05) is 18.3 Å². The van der Waals surface area contributed by atoms with Gasteiger partial charge in [-0.25, -0.2) is 4.98 Å². The van der Waals surface area contributed by atoms with Crippen LogP contribution in [0.3, 0.4) is 0 Å². The quantitative estimate of drug-likeness (QED) is 0.431. The summed E-state index contributed by atoms with van der Waals surface area (Å²) in [5, 5.41) is 19.8. The Hall–Kier alpha value is -3.23. The van der Waals surface area contributed by atoms with Gasteiger partial charge in [0.2, 0.25) is 0 Å². The summed E-state index contributed by atoms with van der Waals surface area (Å²) < 4.78 is 10.0. The van der Waals surface area contributed by atoms with Crippen LogP contribution in [0, 0.1) is 0 Å². The minimum Gasteiger partial charge on any atom is -0.384 e. The smallest absolute Gasteiger partial charge is 0.132 e. The summed E-state index contributed by atoms with van der Waals surface area (Å²) in [6.45, 7) is 5.05. The van der Waals surface area contributed by atoms with E-state index in [1.165, 1.54) is 18.5 Å². The summed E-state index contributed by atoms with van der Waals surface area (Å²) in [6, 6.07) is 8.44. The molecule has 4 aromatic rings. The van der Waals surface area contributed by atoms with Crippen LogP contribution in [0.1, 0.15) is 62.9 Å². The van der Waals surface area contributed by atoms with Crippen LogP contribution in [-0.2, 0) is 10.3 Å². The lowest BCUT2D eigenvalue weighted by Crippen LogP contribution is -2.17. The number of nitrogens with one attached hydrogen (secondary N) is 1. The van der Waals surface area contributed by atoms with Gasteiger partial charge in [-0.2, -0.15) is 5.10 Å². The molecule has 0 unspecified atom stereocenters. The highest BCUT2D eigenvalue weighted by Gasteiger charge is 2.29. The van der Waals surface area contributed by atoms with Crippen LogP contribution in [0.5, 0.6) is 0 Å². The third-order valence-corrected chi connectivity index (χ3v) is 6.76. The maximum atomic E-state index is 10.3. The zero-order valence-electron chi connectivity index (χ0n) is 19.6. The van der Waals surface area contributed by atoms with E-state index >= 15 is 0 Å². The van der Waals surface area contributed by atoms with Gasteiger partial charge in [0, 0.05) is 61.1 Å². The molecule has 1 aliphatic heterocycles. The molecule has 0 radical (unpaired) electrons. The number of ether oxygens (including phenoxy) is 1. The van der Waals surface area contributed by atoms with Crippen LogP contribution in [0.25, 0.3) is 16.6 Å². The fraction of sp³-hybridized carbons (Fsp3) is 0.423. The first-order valence-electron chi connectivity index (χ1n) is 12.1. The molecule has 8 heteroatoms. The third-order valence-electron chi connectivity index (χ3n) is 6.76. The van der Waals surface area contributed by atoms with Crippen LogP contribution >= 0.6 is 0 Å². The first-order valence-corrected chi connectivity index (χ1v) is 12.1. The van der Waals surface area contributed by atoms with Crippen molar-refractivity contribution in [2.24, 2.45) is 0 Å². The van der Waals surface area contributed by atoms with Crippen LogP contribution in [0.4, 0.5) is 11.5 Å². The van der Waals surface area contributed by atoms with Crippen molar-refractivity contribution in [3.8, 4) is 5.69 Å². The minimum atomic E-state index is -1.01. The van der Waals surface area contributed by atoms with Gasteiger partial charge in [-0.1, -0.05) is 0 Å². The molecule has 0 spiro atoms. The molecule has 5 heterocycles. The molecule has 0 atom stereocenters. The molecule has 8 nitrogen and oxygen atoms in total. The number of anilines is 2. The summed E-state index contributed by atoms with van der Waals surface area (Å²) in [7, 11) is 0. The summed E-state index contributed by atoms with van der Waals surface area (Å²) in [6.07, 6.45) is 12.4. The number of fused-ring (bicyclic) bond motifs is 1. The summed E-state index contributed by atoms with van der Waals surface area (Å²) in [5.74, 6) is 1.15. The highest BCUT2D eigenvalue weighted by atomic mass is 16.5. The van der Waals surface area contributed by atoms with Crippen molar-refractivity contribution in [2.75, 3.05) is 18.5 Å². The molecule has 2 aliphatic rings. The Balaban J connectivity index is 1.37. The van der Waals surface area contributed by atoms with Crippen molar-refractivity contribution < 1.29 is 9.84 Å². The van der Waals surface area contributed by atoms with Gasteiger partial charge >= 0.3 is 0 Å². The van der Waals surface area contributed by atoms with Crippen LogP contribution in [-0.4, -0.2) is 42.6 Å². The largest absolute Gasteiger partial charge is 0.384 e. The van der Waals surface area contributed by atoms with E-state index in [4.69, 9.17) is 9.84 Å². The number of aromatic nitrogens is 5. The van der Waals surface area contributed by atoms with Gasteiger partial charge in [0.25, 0.3) is 0 Å². The van der Waals surface area contributed by atoms with E-state index in [-0.39, 0.29) is 0 Å². The molecule has 4 aromatic heterocycles. The second-order valence-corrected chi connectivity index (χ2v) is 9.93. The van der Waals surface area contributed by atoms with E-state index < -0.39 is 5.60 Å². The number of hydrogen-bond acceptors (Lipinski definition) is 6. The highest BCUT2D eigenvalue weighted by molar-refractivity contribution is 5.84. The summed E-state index contributed by atoms with van der Waals surface area (Å²) >= 11 is 0. The van der Waals surface area contributed by atoms with E-state index in [2.05, 4.69) is 49.1 Å². The second-order valence-electron chi connectivity index (χ2n) is 9.93. The Morgan fingerprint density at radius 2 is 1.91 bits per heavy atom. The Morgan fingerprint density at radius 3 is 2.68 bits per heavy atom. The molecule has 6 rings (SSSR count). The average molecular weight is 459 g/mol. The first kappa shape index (κ1) is 21.3. The Bertz CT molecular complexity index is 1320. The van der Waals surface area contributed by atoms with Crippen LogP contribution in [0.15, 0.2) is 49.1 Å². The maximum absolute atomic E-state index is 10.3. The lowest BCUT2D eigenvalue weighted by Gasteiger charge is -2.21. The molecule has 0 amide bonds. The Kier molecular flexibility index (Phi) is 5.15. The topological polar surface area (TPSA) is 90.0 Å². The zero-order valence-corrected chi connectivity index (χ0v) is 19.6. The Morgan fingerprint density at radius 1 is 1.09 bits per heavy atom. The maximum Gasteiger partial charge on any atom is 0.132 e. The van der Waals surface area contributed by atoms with E-state index in [0.29, 0.717) is 17.7 Å². The zero-order chi connectivity index (χ0) is 23.3. The van der Waals surface area contributed by atoms with Gasteiger partial charge in [-0.3, -0.25) is 9.67 Å². The van der Waals surface area contributed by atoms with Gasteiger partial charge < -0.3 is 19.7 Å². The van der Waals surface area contributed by atoms with E-state index in [9.17, 15) is 5.11 Å². The van der Waals surface area contributed by atoms with Gasteiger partial charge in [-0.05, 0) is 57.7 Å². The molecule has 1 saturated carbocycles. The number of hydrogen-bond donors (Lipinski definition) is 2. The number of nitrogens with zero attached hydrogens (tertiary/aromatic N) is 5. The fourth-order valence-electron chi connectivity index (χ4n) is 4.67. The van der Waals surface area contributed by atoms with Gasteiger partial charge in [-0.15, -0.1) is 0 Å². The molecular formula is C26H30N6O2. The fourth-order valence-corrected chi connectivity index (χ4v) is 4.67. The number of pyridine rings is 2. The monoisotopic (exact) mass is 458 g/mol. The predicted octanol–water partition coefficient (Wildman–Crippen LogP) is 4.82. The van der Waals surface area contributed by atoms with Gasteiger partial charge in [0.05, 0.1) is 28.6 Å².